The fourth-order valence-electron chi connectivity index (χ4n) is 1.35. The highest BCUT2D eigenvalue weighted by molar-refractivity contribution is 5.74. The van der Waals surface area contributed by atoms with Crippen LogP contribution in [-0.2, 0) is 11.3 Å². The number of methoxy groups -OCH3 is 1. The predicted octanol–water partition coefficient (Wildman–Crippen LogP) is 1.66. The van der Waals surface area contributed by atoms with Crippen molar-refractivity contribution in [2.75, 3.05) is 13.7 Å². The molecule has 2 amide bonds. The summed E-state index contributed by atoms with van der Waals surface area (Å²) in [6, 6.07) is 5.68. The molecule has 0 aliphatic carbocycles. The van der Waals surface area contributed by atoms with E-state index in [1.165, 1.54) is 12.1 Å². The Morgan fingerprint density at radius 2 is 2.06 bits per heavy atom. The number of halogens is 1. The first-order valence-corrected chi connectivity index (χ1v) is 5.39. The summed E-state index contributed by atoms with van der Waals surface area (Å²) in [7, 11) is 1.58. The summed E-state index contributed by atoms with van der Waals surface area (Å²) in [6.45, 7) is 2.68. The van der Waals surface area contributed by atoms with E-state index in [0.717, 1.165) is 5.56 Å². The number of carbonyl (C=O) groups is 1. The minimum absolute atomic E-state index is 0.0479. The van der Waals surface area contributed by atoms with Crippen LogP contribution in [0.5, 0.6) is 0 Å². The Hall–Kier alpha value is -1.62. The summed E-state index contributed by atoms with van der Waals surface area (Å²) in [5.41, 5.74) is 0.848. The minimum Gasteiger partial charge on any atom is -0.383 e. The second kappa shape index (κ2) is 6.85. The lowest BCUT2D eigenvalue weighted by molar-refractivity contribution is 0.171. The van der Waals surface area contributed by atoms with E-state index in [9.17, 15) is 9.18 Å². The van der Waals surface area contributed by atoms with Gasteiger partial charge in [0.15, 0.2) is 0 Å². The number of rotatable bonds is 5. The van der Waals surface area contributed by atoms with Crippen molar-refractivity contribution in [2.45, 2.75) is 19.5 Å². The molecule has 0 aliphatic rings. The normalized spacial score (nSPS) is 11.9. The van der Waals surface area contributed by atoms with Gasteiger partial charge in [-0.25, -0.2) is 9.18 Å². The molecule has 4 nitrogen and oxygen atoms in total. The Kier molecular flexibility index (Phi) is 5.42. The standard InChI is InChI=1S/C12H17FN2O2/c1-9(8-17-2)15-12(16)14-7-10-3-5-11(13)6-4-10/h3-6,9H,7-8H2,1-2H3,(H2,14,15,16). The zero-order valence-corrected chi connectivity index (χ0v) is 10.00. The molecular formula is C12H17FN2O2. The van der Waals surface area contributed by atoms with Crippen LogP contribution in [-0.4, -0.2) is 25.8 Å². The zero-order chi connectivity index (χ0) is 12.7. The summed E-state index contributed by atoms with van der Waals surface area (Å²) in [5.74, 6) is -0.285. The molecule has 5 heteroatoms. The molecule has 2 N–H and O–H groups in total. The van der Waals surface area contributed by atoms with Gasteiger partial charge in [0.1, 0.15) is 5.82 Å². The molecule has 0 saturated heterocycles. The average Bonchev–Trinajstić information content (AvgIpc) is 2.28. The zero-order valence-electron chi connectivity index (χ0n) is 10.00. The monoisotopic (exact) mass is 240 g/mol. The van der Waals surface area contributed by atoms with E-state index < -0.39 is 0 Å². The molecule has 0 aromatic heterocycles. The van der Waals surface area contributed by atoms with E-state index in [0.29, 0.717) is 13.2 Å². The van der Waals surface area contributed by atoms with Crippen molar-refractivity contribution in [3.8, 4) is 0 Å². The third-order valence-electron chi connectivity index (χ3n) is 2.16. The van der Waals surface area contributed by atoms with E-state index in [2.05, 4.69) is 10.6 Å². The highest BCUT2D eigenvalue weighted by Crippen LogP contribution is 2.01. The van der Waals surface area contributed by atoms with Crippen LogP contribution in [0.2, 0.25) is 0 Å². The number of urea groups is 1. The van der Waals surface area contributed by atoms with E-state index in [1.807, 2.05) is 6.92 Å². The van der Waals surface area contributed by atoms with Crippen LogP contribution in [0.1, 0.15) is 12.5 Å². The van der Waals surface area contributed by atoms with Crippen LogP contribution >= 0.6 is 0 Å². The van der Waals surface area contributed by atoms with Crippen molar-refractivity contribution >= 4 is 6.03 Å². The van der Waals surface area contributed by atoms with E-state index >= 15 is 0 Å². The first-order chi connectivity index (χ1) is 8.11. The Morgan fingerprint density at radius 1 is 1.41 bits per heavy atom. The van der Waals surface area contributed by atoms with Crippen molar-refractivity contribution in [1.82, 2.24) is 10.6 Å². The minimum atomic E-state index is -0.285. The lowest BCUT2D eigenvalue weighted by Gasteiger charge is -2.13. The van der Waals surface area contributed by atoms with Crippen LogP contribution in [0.4, 0.5) is 9.18 Å². The van der Waals surface area contributed by atoms with Crippen molar-refractivity contribution in [3.05, 3.63) is 35.6 Å². The Bertz CT molecular complexity index is 354. The molecule has 1 unspecified atom stereocenters. The van der Waals surface area contributed by atoms with Crippen LogP contribution < -0.4 is 10.6 Å². The molecule has 94 valence electrons. The van der Waals surface area contributed by atoms with Gasteiger partial charge in [-0.1, -0.05) is 12.1 Å². The largest absolute Gasteiger partial charge is 0.383 e. The first-order valence-electron chi connectivity index (χ1n) is 5.39. The maximum atomic E-state index is 12.6. The number of benzene rings is 1. The smallest absolute Gasteiger partial charge is 0.315 e. The average molecular weight is 240 g/mol. The third-order valence-corrected chi connectivity index (χ3v) is 2.16. The lowest BCUT2D eigenvalue weighted by atomic mass is 10.2. The molecule has 17 heavy (non-hydrogen) atoms. The molecule has 1 aromatic carbocycles. The van der Waals surface area contributed by atoms with Gasteiger partial charge in [-0.3, -0.25) is 0 Å². The molecule has 1 atom stereocenters. The van der Waals surface area contributed by atoms with Crippen LogP contribution in [0.15, 0.2) is 24.3 Å². The number of hydrogen-bond donors (Lipinski definition) is 2. The van der Waals surface area contributed by atoms with Crippen molar-refractivity contribution in [3.63, 3.8) is 0 Å². The predicted molar refractivity (Wildman–Crippen MR) is 63.1 cm³/mol. The van der Waals surface area contributed by atoms with E-state index in [4.69, 9.17) is 4.74 Å². The lowest BCUT2D eigenvalue weighted by Crippen LogP contribution is -2.42. The number of amides is 2. The van der Waals surface area contributed by atoms with Gasteiger partial charge in [0.2, 0.25) is 0 Å². The number of ether oxygens (including phenoxy) is 1. The molecule has 0 spiro atoms. The van der Waals surface area contributed by atoms with E-state index in [-0.39, 0.29) is 17.9 Å². The van der Waals surface area contributed by atoms with E-state index in [1.54, 1.807) is 19.2 Å². The quantitative estimate of drug-likeness (QED) is 0.822. The maximum absolute atomic E-state index is 12.6. The second-order valence-corrected chi connectivity index (χ2v) is 3.81. The summed E-state index contributed by atoms with van der Waals surface area (Å²) in [6.07, 6.45) is 0. The van der Waals surface area contributed by atoms with Gasteiger partial charge in [0.25, 0.3) is 0 Å². The summed E-state index contributed by atoms with van der Waals surface area (Å²) >= 11 is 0. The second-order valence-electron chi connectivity index (χ2n) is 3.81. The van der Waals surface area contributed by atoms with Crippen LogP contribution in [0.25, 0.3) is 0 Å². The third kappa shape index (κ3) is 5.31. The molecular weight excluding hydrogens is 223 g/mol. The molecule has 0 aliphatic heterocycles. The first kappa shape index (κ1) is 13.4. The van der Waals surface area contributed by atoms with Crippen molar-refractivity contribution < 1.29 is 13.9 Å². The highest BCUT2D eigenvalue weighted by atomic mass is 19.1. The molecule has 0 heterocycles. The van der Waals surface area contributed by atoms with Gasteiger partial charge in [0, 0.05) is 13.7 Å². The summed E-state index contributed by atoms with van der Waals surface area (Å²) in [5, 5.41) is 5.39. The molecule has 0 bridgehead atoms. The highest BCUT2D eigenvalue weighted by Gasteiger charge is 2.05. The van der Waals surface area contributed by atoms with Crippen molar-refractivity contribution in [2.24, 2.45) is 0 Å². The summed E-state index contributed by atoms with van der Waals surface area (Å²) < 4.78 is 17.5. The van der Waals surface area contributed by atoms with Gasteiger partial charge in [-0.2, -0.15) is 0 Å². The van der Waals surface area contributed by atoms with Crippen molar-refractivity contribution in [1.29, 1.82) is 0 Å². The molecule has 1 rings (SSSR count). The van der Waals surface area contributed by atoms with Gasteiger partial charge in [-0.15, -0.1) is 0 Å². The number of carbonyl (C=O) groups excluding carboxylic acids is 1. The van der Waals surface area contributed by atoms with Crippen LogP contribution in [0.3, 0.4) is 0 Å². The number of hydrogen-bond acceptors (Lipinski definition) is 2. The Morgan fingerprint density at radius 3 is 2.65 bits per heavy atom. The Balaban J connectivity index is 2.30. The molecule has 1 aromatic rings. The topological polar surface area (TPSA) is 50.4 Å². The Labute approximate surface area is 100 Å². The number of nitrogens with one attached hydrogen (secondary N) is 2. The van der Waals surface area contributed by atoms with Gasteiger partial charge >= 0.3 is 6.03 Å². The van der Waals surface area contributed by atoms with Gasteiger partial charge in [-0.05, 0) is 24.6 Å². The molecule has 0 radical (unpaired) electrons. The maximum Gasteiger partial charge on any atom is 0.315 e. The van der Waals surface area contributed by atoms with Gasteiger partial charge < -0.3 is 15.4 Å². The fourth-order valence-corrected chi connectivity index (χ4v) is 1.35. The summed E-state index contributed by atoms with van der Waals surface area (Å²) in [4.78, 5) is 11.4. The molecule has 0 fully saturated rings. The van der Waals surface area contributed by atoms with Crippen LogP contribution in [0, 0.1) is 5.82 Å². The SMILES string of the molecule is COCC(C)NC(=O)NCc1ccc(F)cc1. The fraction of sp³-hybridized carbons (Fsp3) is 0.417. The van der Waals surface area contributed by atoms with Gasteiger partial charge in [0.05, 0.1) is 12.6 Å². The molecule has 0 saturated carbocycles.